The van der Waals surface area contributed by atoms with Crippen LogP contribution in [0.5, 0.6) is 17.4 Å². The number of nitrogens with zero attached hydrogens (tertiary/aromatic N) is 2. The number of ether oxygens (including phenoxy) is 2. The van der Waals surface area contributed by atoms with E-state index in [1.807, 2.05) is 0 Å². The lowest BCUT2D eigenvalue weighted by atomic mass is 10.1. The van der Waals surface area contributed by atoms with Crippen LogP contribution in [0.4, 0.5) is 4.39 Å². The normalized spacial score (nSPS) is 10.4. The molecule has 2 aromatic heterocycles. The Balaban J connectivity index is 1.79. The van der Waals surface area contributed by atoms with Crippen LogP contribution in [-0.4, -0.2) is 15.9 Å². The summed E-state index contributed by atoms with van der Waals surface area (Å²) in [5.74, 6) is -0.440. The fourth-order valence-electron chi connectivity index (χ4n) is 2.10. The number of halogens is 2. The number of hydrogen-bond acceptors (Lipinski definition) is 5. The highest BCUT2D eigenvalue weighted by molar-refractivity contribution is 6.30. The zero-order chi connectivity index (χ0) is 17.8. The van der Waals surface area contributed by atoms with E-state index in [9.17, 15) is 9.18 Å². The van der Waals surface area contributed by atoms with Gasteiger partial charge in [-0.3, -0.25) is 9.78 Å². The quantitative estimate of drug-likeness (QED) is 0.635. The molecule has 3 rings (SSSR count). The zero-order valence-electron chi connectivity index (χ0n) is 13.1. The number of hydrogen-bond donors (Lipinski definition) is 0. The first-order valence-corrected chi connectivity index (χ1v) is 7.62. The Bertz CT molecular complexity index is 916. The SMILES string of the molecule is CC(=O)Oc1cncc(-c2ccc(Oc3ncc(Cl)cc3F)cc2)c1. The van der Waals surface area contributed by atoms with Crippen LogP contribution in [-0.2, 0) is 4.79 Å². The lowest BCUT2D eigenvalue weighted by molar-refractivity contribution is -0.131. The van der Waals surface area contributed by atoms with E-state index in [-0.39, 0.29) is 10.9 Å². The van der Waals surface area contributed by atoms with Crippen molar-refractivity contribution in [3.05, 3.63) is 65.8 Å². The zero-order valence-corrected chi connectivity index (χ0v) is 13.8. The molecular formula is C18H12ClFN2O3. The van der Waals surface area contributed by atoms with Crippen LogP contribution in [0.2, 0.25) is 5.02 Å². The standard InChI is InChI=1S/C18H12ClFN2O3/c1-11(23)24-16-6-13(8-21-10-16)12-2-4-15(5-3-12)25-18-17(20)7-14(19)9-22-18/h2-10H,1H3. The van der Waals surface area contributed by atoms with Crippen molar-refractivity contribution in [3.63, 3.8) is 0 Å². The van der Waals surface area contributed by atoms with Crippen molar-refractivity contribution in [1.29, 1.82) is 0 Å². The van der Waals surface area contributed by atoms with Crippen molar-refractivity contribution >= 4 is 17.6 Å². The molecule has 0 aliphatic rings. The summed E-state index contributed by atoms with van der Waals surface area (Å²) in [6.45, 7) is 1.32. The van der Waals surface area contributed by atoms with Gasteiger partial charge in [0.15, 0.2) is 5.82 Å². The summed E-state index contributed by atoms with van der Waals surface area (Å²) >= 11 is 5.66. The molecule has 0 aliphatic heterocycles. The van der Waals surface area contributed by atoms with Crippen LogP contribution in [0.1, 0.15) is 6.92 Å². The number of pyridine rings is 2. The van der Waals surface area contributed by atoms with Gasteiger partial charge in [-0.15, -0.1) is 0 Å². The molecule has 0 radical (unpaired) electrons. The van der Waals surface area contributed by atoms with Crippen LogP contribution >= 0.6 is 11.6 Å². The molecule has 0 amide bonds. The second-order valence-electron chi connectivity index (χ2n) is 5.07. The van der Waals surface area contributed by atoms with E-state index in [2.05, 4.69) is 9.97 Å². The van der Waals surface area contributed by atoms with Gasteiger partial charge >= 0.3 is 5.97 Å². The minimum absolute atomic E-state index is 0.157. The highest BCUT2D eigenvalue weighted by atomic mass is 35.5. The van der Waals surface area contributed by atoms with E-state index in [1.165, 1.54) is 19.3 Å². The molecule has 0 fully saturated rings. The molecule has 1 aromatic carbocycles. The van der Waals surface area contributed by atoms with Crippen molar-refractivity contribution in [2.45, 2.75) is 6.92 Å². The summed E-state index contributed by atoms with van der Waals surface area (Å²) in [5.41, 5.74) is 1.60. The minimum atomic E-state index is -0.644. The van der Waals surface area contributed by atoms with Crippen molar-refractivity contribution in [2.75, 3.05) is 0 Å². The number of esters is 1. The van der Waals surface area contributed by atoms with Crippen LogP contribution in [0.25, 0.3) is 11.1 Å². The second kappa shape index (κ2) is 7.27. The van der Waals surface area contributed by atoms with Crippen molar-refractivity contribution in [1.82, 2.24) is 9.97 Å². The third-order valence-corrected chi connectivity index (χ3v) is 3.36. The number of carbonyl (C=O) groups excluding carboxylic acids is 1. The molecule has 25 heavy (non-hydrogen) atoms. The first-order valence-electron chi connectivity index (χ1n) is 7.24. The number of rotatable bonds is 4. The maximum Gasteiger partial charge on any atom is 0.308 e. The van der Waals surface area contributed by atoms with Gasteiger partial charge in [-0.05, 0) is 29.8 Å². The summed E-state index contributed by atoms with van der Waals surface area (Å²) in [7, 11) is 0. The van der Waals surface area contributed by atoms with Crippen molar-refractivity contribution in [2.24, 2.45) is 0 Å². The van der Waals surface area contributed by atoms with Crippen molar-refractivity contribution < 1.29 is 18.7 Å². The lowest BCUT2D eigenvalue weighted by Crippen LogP contribution is -2.01. The van der Waals surface area contributed by atoms with Gasteiger partial charge in [-0.25, -0.2) is 9.37 Å². The molecule has 0 atom stereocenters. The van der Waals surface area contributed by atoms with Gasteiger partial charge in [0, 0.05) is 24.9 Å². The molecule has 0 saturated carbocycles. The van der Waals surface area contributed by atoms with E-state index in [0.29, 0.717) is 11.5 Å². The molecule has 7 heteroatoms. The molecule has 0 N–H and O–H groups in total. The smallest absolute Gasteiger partial charge is 0.308 e. The summed E-state index contributed by atoms with van der Waals surface area (Å²) < 4.78 is 24.1. The molecule has 0 spiro atoms. The molecule has 2 heterocycles. The Labute approximate surface area is 148 Å². The predicted molar refractivity (Wildman–Crippen MR) is 90.3 cm³/mol. The van der Waals surface area contributed by atoms with Gasteiger partial charge in [-0.2, -0.15) is 0 Å². The Hall–Kier alpha value is -2.99. The van der Waals surface area contributed by atoms with Gasteiger partial charge in [0.05, 0.1) is 11.2 Å². The van der Waals surface area contributed by atoms with E-state index in [0.717, 1.165) is 17.2 Å². The van der Waals surface area contributed by atoms with E-state index in [1.54, 1.807) is 36.5 Å². The van der Waals surface area contributed by atoms with Gasteiger partial charge in [0.2, 0.25) is 0 Å². The third-order valence-electron chi connectivity index (χ3n) is 3.15. The van der Waals surface area contributed by atoms with Gasteiger partial charge in [0.25, 0.3) is 5.88 Å². The highest BCUT2D eigenvalue weighted by Crippen LogP contribution is 2.28. The number of carbonyl (C=O) groups is 1. The predicted octanol–water partition coefficient (Wildman–Crippen LogP) is 4.65. The van der Waals surface area contributed by atoms with Crippen LogP contribution in [0, 0.1) is 5.82 Å². The first-order chi connectivity index (χ1) is 12.0. The Morgan fingerprint density at radius 2 is 1.80 bits per heavy atom. The molecule has 0 unspecified atom stereocenters. The minimum Gasteiger partial charge on any atom is -0.436 e. The summed E-state index contributed by atoms with van der Waals surface area (Å²) in [6.07, 6.45) is 4.40. The molecule has 0 bridgehead atoms. The topological polar surface area (TPSA) is 61.3 Å². The Morgan fingerprint density at radius 1 is 1.04 bits per heavy atom. The van der Waals surface area contributed by atoms with Crippen LogP contribution in [0.15, 0.2) is 55.0 Å². The molecular weight excluding hydrogens is 347 g/mol. The largest absolute Gasteiger partial charge is 0.436 e. The molecule has 5 nitrogen and oxygen atoms in total. The summed E-state index contributed by atoms with van der Waals surface area (Å²) in [6, 6.07) is 9.72. The average Bonchev–Trinajstić information content (AvgIpc) is 2.58. The van der Waals surface area contributed by atoms with Crippen LogP contribution < -0.4 is 9.47 Å². The van der Waals surface area contributed by atoms with E-state index >= 15 is 0 Å². The highest BCUT2D eigenvalue weighted by Gasteiger charge is 2.08. The number of benzene rings is 1. The fourth-order valence-corrected chi connectivity index (χ4v) is 2.25. The van der Waals surface area contributed by atoms with Crippen LogP contribution in [0.3, 0.4) is 0 Å². The third kappa shape index (κ3) is 4.30. The first kappa shape index (κ1) is 16.9. The van der Waals surface area contributed by atoms with Gasteiger partial charge in [0.1, 0.15) is 11.5 Å². The lowest BCUT2D eigenvalue weighted by Gasteiger charge is -2.08. The van der Waals surface area contributed by atoms with E-state index in [4.69, 9.17) is 21.1 Å². The molecule has 126 valence electrons. The average molecular weight is 359 g/mol. The fraction of sp³-hybridized carbons (Fsp3) is 0.0556. The summed E-state index contributed by atoms with van der Waals surface area (Å²) in [4.78, 5) is 18.9. The molecule has 0 aliphatic carbocycles. The van der Waals surface area contributed by atoms with Crippen molar-refractivity contribution in [3.8, 4) is 28.5 Å². The van der Waals surface area contributed by atoms with E-state index < -0.39 is 11.8 Å². The van der Waals surface area contributed by atoms with Gasteiger partial charge < -0.3 is 9.47 Å². The maximum absolute atomic E-state index is 13.7. The summed E-state index contributed by atoms with van der Waals surface area (Å²) in [5, 5.41) is 0.195. The molecule has 0 saturated heterocycles. The Kier molecular flexibility index (Phi) is 4.90. The molecule has 3 aromatic rings. The van der Waals surface area contributed by atoms with Gasteiger partial charge in [-0.1, -0.05) is 23.7 Å². The monoisotopic (exact) mass is 358 g/mol. The number of aromatic nitrogens is 2. The second-order valence-corrected chi connectivity index (χ2v) is 5.51. The maximum atomic E-state index is 13.7. The Morgan fingerprint density at radius 3 is 2.48 bits per heavy atom.